The highest BCUT2D eigenvalue weighted by Crippen LogP contribution is 2.29. The van der Waals surface area contributed by atoms with Crippen LogP contribution in [0.1, 0.15) is 42.5 Å². The number of carbonyl (C=O) groups is 1. The minimum absolute atomic E-state index is 0.00547. The van der Waals surface area contributed by atoms with Crippen molar-refractivity contribution in [3.63, 3.8) is 0 Å². The van der Waals surface area contributed by atoms with E-state index < -0.39 is 0 Å². The fourth-order valence-electron chi connectivity index (χ4n) is 2.96. The summed E-state index contributed by atoms with van der Waals surface area (Å²) in [5.74, 6) is 2.01. The standard InChI is InChI=1S/C17H24N2O2/c18-10-14-2-1-3-16(14)19-17(20)13-6-8-15(9-7-13)21-11-12-4-5-12/h6-9,12,14,16H,1-5,10-11,18H2,(H,19,20). The second-order valence-corrected chi connectivity index (χ2v) is 6.29. The van der Waals surface area contributed by atoms with E-state index in [1.54, 1.807) is 0 Å². The Morgan fingerprint density at radius 1 is 1.19 bits per heavy atom. The fourth-order valence-corrected chi connectivity index (χ4v) is 2.96. The van der Waals surface area contributed by atoms with Crippen LogP contribution in [0.3, 0.4) is 0 Å². The van der Waals surface area contributed by atoms with E-state index >= 15 is 0 Å². The zero-order chi connectivity index (χ0) is 14.7. The molecule has 2 saturated carbocycles. The number of hydrogen-bond donors (Lipinski definition) is 2. The van der Waals surface area contributed by atoms with Gasteiger partial charge in [0.25, 0.3) is 5.91 Å². The Morgan fingerprint density at radius 3 is 2.62 bits per heavy atom. The molecule has 4 heteroatoms. The quantitative estimate of drug-likeness (QED) is 0.844. The zero-order valence-electron chi connectivity index (χ0n) is 12.4. The van der Waals surface area contributed by atoms with Gasteiger partial charge >= 0.3 is 0 Å². The number of hydrogen-bond acceptors (Lipinski definition) is 3. The lowest BCUT2D eigenvalue weighted by molar-refractivity contribution is 0.0928. The van der Waals surface area contributed by atoms with Crippen LogP contribution in [0.2, 0.25) is 0 Å². The molecule has 0 saturated heterocycles. The van der Waals surface area contributed by atoms with Crippen LogP contribution in [-0.4, -0.2) is 25.1 Å². The van der Waals surface area contributed by atoms with E-state index in [4.69, 9.17) is 10.5 Å². The average Bonchev–Trinajstić information content (AvgIpc) is 3.24. The Bertz CT molecular complexity index is 482. The molecule has 114 valence electrons. The van der Waals surface area contributed by atoms with E-state index in [9.17, 15) is 4.79 Å². The van der Waals surface area contributed by atoms with Gasteiger partial charge < -0.3 is 15.8 Å². The molecule has 1 aromatic carbocycles. The molecule has 0 aromatic heterocycles. The van der Waals surface area contributed by atoms with Crippen LogP contribution in [-0.2, 0) is 0 Å². The van der Waals surface area contributed by atoms with Crippen molar-refractivity contribution in [3.8, 4) is 5.75 Å². The zero-order valence-corrected chi connectivity index (χ0v) is 12.4. The molecule has 0 radical (unpaired) electrons. The lowest BCUT2D eigenvalue weighted by Gasteiger charge is -2.19. The maximum atomic E-state index is 12.3. The summed E-state index contributed by atoms with van der Waals surface area (Å²) in [5.41, 5.74) is 6.44. The third-order valence-corrected chi connectivity index (χ3v) is 4.58. The maximum Gasteiger partial charge on any atom is 0.251 e. The topological polar surface area (TPSA) is 64.3 Å². The van der Waals surface area contributed by atoms with Gasteiger partial charge in [0.1, 0.15) is 5.75 Å². The molecule has 4 nitrogen and oxygen atoms in total. The van der Waals surface area contributed by atoms with Crippen molar-refractivity contribution in [2.45, 2.75) is 38.1 Å². The van der Waals surface area contributed by atoms with Crippen LogP contribution in [0.4, 0.5) is 0 Å². The van der Waals surface area contributed by atoms with Gasteiger partial charge in [-0.05, 0) is 68.3 Å². The van der Waals surface area contributed by atoms with E-state index in [2.05, 4.69) is 5.32 Å². The van der Waals surface area contributed by atoms with Crippen molar-refractivity contribution in [2.75, 3.05) is 13.2 Å². The molecule has 2 aliphatic rings. The molecule has 2 fully saturated rings. The van der Waals surface area contributed by atoms with Crippen LogP contribution in [0.25, 0.3) is 0 Å². The Hall–Kier alpha value is -1.55. The first-order valence-corrected chi connectivity index (χ1v) is 8.00. The molecular weight excluding hydrogens is 264 g/mol. The molecule has 1 aromatic rings. The number of amides is 1. The van der Waals surface area contributed by atoms with E-state index in [0.717, 1.165) is 37.5 Å². The molecule has 1 amide bonds. The highest BCUT2D eigenvalue weighted by atomic mass is 16.5. The van der Waals surface area contributed by atoms with Crippen LogP contribution in [0, 0.1) is 11.8 Å². The Morgan fingerprint density at radius 2 is 1.95 bits per heavy atom. The summed E-state index contributed by atoms with van der Waals surface area (Å²) >= 11 is 0. The summed E-state index contributed by atoms with van der Waals surface area (Å²) in [6, 6.07) is 7.67. The van der Waals surface area contributed by atoms with Crippen LogP contribution in [0.5, 0.6) is 5.75 Å². The van der Waals surface area contributed by atoms with E-state index in [1.165, 1.54) is 12.8 Å². The van der Waals surface area contributed by atoms with Crippen LogP contribution >= 0.6 is 0 Å². The van der Waals surface area contributed by atoms with Gasteiger partial charge in [-0.3, -0.25) is 4.79 Å². The second kappa shape index (κ2) is 6.48. The maximum absolute atomic E-state index is 12.3. The molecule has 21 heavy (non-hydrogen) atoms. The number of nitrogens with two attached hydrogens (primary N) is 1. The predicted octanol–water partition coefficient (Wildman–Crippen LogP) is 2.33. The van der Waals surface area contributed by atoms with Crippen molar-refractivity contribution in [3.05, 3.63) is 29.8 Å². The van der Waals surface area contributed by atoms with Gasteiger partial charge in [-0.1, -0.05) is 6.42 Å². The smallest absolute Gasteiger partial charge is 0.251 e. The van der Waals surface area contributed by atoms with E-state index in [1.807, 2.05) is 24.3 Å². The molecule has 2 aliphatic carbocycles. The molecule has 2 unspecified atom stereocenters. The van der Waals surface area contributed by atoms with Gasteiger partial charge in [0.2, 0.25) is 0 Å². The number of carbonyl (C=O) groups excluding carboxylic acids is 1. The summed E-state index contributed by atoms with van der Waals surface area (Å²) in [4.78, 5) is 12.3. The highest BCUT2D eigenvalue weighted by Gasteiger charge is 2.27. The molecule has 2 atom stereocenters. The van der Waals surface area contributed by atoms with E-state index in [0.29, 0.717) is 18.0 Å². The molecule has 0 heterocycles. The first-order valence-electron chi connectivity index (χ1n) is 8.00. The summed E-state index contributed by atoms with van der Waals surface area (Å²) < 4.78 is 5.68. The second-order valence-electron chi connectivity index (χ2n) is 6.29. The average molecular weight is 288 g/mol. The van der Waals surface area contributed by atoms with E-state index in [-0.39, 0.29) is 11.9 Å². The Labute approximate surface area is 126 Å². The molecule has 3 N–H and O–H groups in total. The molecular formula is C17H24N2O2. The van der Waals surface area contributed by atoms with Crippen LogP contribution < -0.4 is 15.8 Å². The Balaban J connectivity index is 1.53. The number of rotatable bonds is 6. The summed E-state index contributed by atoms with van der Waals surface area (Å²) in [6.45, 7) is 1.45. The van der Waals surface area contributed by atoms with Crippen molar-refractivity contribution in [1.29, 1.82) is 0 Å². The monoisotopic (exact) mass is 288 g/mol. The molecule has 0 spiro atoms. The normalized spacial score (nSPS) is 24.8. The first-order chi connectivity index (χ1) is 10.3. The third kappa shape index (κ3) is 3.76. The minimum Gasteiger partial charge on any atom is -0.493 e. The molecule has 3 rings (SSSR count). The van der Waals surface area contributed by atoms with Gasteiger partial charge in [0.05, 0.1) is 6.61 Å². The largest absolute Gasteiger partial charge is 0.493 e. The third-order valence-electron chi connectivity index (χ3n) is 4.58. The molecule has 0 aliphatic heterocycles. The highest BCUT2D eigenvalue weighted by molar-refractivity contribution is 5.94. The fraction of sp³-hybridized carbons (Fsp3) is 0.588. The number of nitrogens with one attached hydrogen (secondary N) is 1. The SMILES string of the molecule is NCC1CCCC1NC(=O)c1ccc(OCC2CC2)cc1. The van der Waals surface area contributed by atoms with Gasteiger partial charge in [0, 0.05) is 11.6 Å². The number of ether oxygens (including phenoxy) is 1. The minimum atomic E-state index is -0.00547. The first kappa shape index (κ1) is 14.4. The van der Waals surface area contributed by atoms with Crippen LogP contribution in [0.15, 0.2) is 24.3 Å². The summed E-state index contributed by atoms with van der Waals surface area (Å²) in [7, 11) is 0. The van der Waals surface area contributed by atoms with Crippen molar-refractivity contribution < 1.29 is 9.53 Å². The van der Waals surface area contributed by atoms with Gasteiger partial charge in [0.15, 0.2) is 0 Å². The molecule has 0 bridgehead atoms. The number of benzene rings is 1. The van der Waals surface area contributed by atoms with Gasteiger partial charge in [-0.15, -0.1) is 0 Å². The predicted molar refractivity (Wildman–Crippen MR) is 82.3 cm³/mol. The lowest BCUT2D eigenvalue weighted by atomic mass is 10.0. The van der Waals surface area contributed by atoms with Crippen molar-refractivity contribution in [1.82, 2.24) is 5.32 Å². The van der Waals surface area contributed by atoms with Crippen molar-refractivity contribution in [2.24, 2.45) is 17.6 Å². The van der Waals surface area contributed by atoms with Crippen molar-refractivity contribution >= 4 is 5.91 Å². The summed E-state index contributed by atoms with van der Waals surface area (Å²) in [5, 5.41) is 3.12. The Kier molecular flexibility index (Phi) is 4.44. The summed E-state index contributed by atoms with van der Waals surface area (Å²) in [6.07, 6.45) is 5.88. The van der Waals surface area contributed by atoms with Gasteiger partial charge in [-0.25, -0.2) is 0 Å². The lowest BCUT2D eigenvalue weighted by Crippen LogP contribution is -2.39. The van der Waals surface area contributed by atoms with Gasteiger partial charge in [-0.2, -0.15) is 0 Å².